The topological polar surface area (TPSA) is 101 Å². The maximum Gasteiger partial charge on any atom is 0.251 e. The zero-order valence-electron chi connectivity index (χ0n) is 17.8. The molecule has 0 radical (unpaired) electrons. The van der Waals surface area contributed by atoms with Crippen molar-refractivity contribution in [2.24, 2.45) is 0 Å². The molecule has 3 aromatic rings. The molecule has 2 aliphatic heterocycles. The minimum absolute atomic E-state index is 0.126. The van der Waals surface area contributed by atoms with Crippen molar-refractivity contribution in [3.63, 3.8) is 0 Å². The first kappa shape index (κ1) is 20.6. The Hall–Kier alpha value is -3.30. The maximum absolute atomic E-state index is 13.9. The van der Waals surface area contributed by atoms with E-state index in [2.05, 4.69) is 20.4 Å². The summed E-state index contributed by atoms with van der Waals surface area (Å²) in [6.45, 7) is 6.43. The van der Waals surface area contributed by atoms with Gasteiger partial charge >= 0.3 is 0 Å². The fourth-order valence-corrected chi connectivity index (χ4v) is 4.48. The lowest BCUT2D eigenvalue weighted by molar-refractivity contribution is -0.0721. The molecule has 9 heteroatoms. The lowest BCUT2D eigenvalue weighted by atomic mass is 9.94. The molecule has 0 spiro atoms. The maximum atomic E-state index is 13.9. The summed E-state index contributed by atoms with van der Waals surface area (Å²) >= 11 is 0. The number of amides is 1. The molecule has 2 atom stereocenters. The van der Waals surface area contributed by atoms with Crippen LogP contribution in [0.5, 0.6) is 5.75 Å². The predicted octanol–water partition coefficient (Wildman–Crippen LogP) is 3.10. The van der Waals surface area contributed by atoms with Gasteiger partial charge in [-0.05, 0) is 54.8 Å². The summed E-state index contributed by atoms with van der Waals surface area (Å²) in [6, 6.07) is 7.31. The first-order valence-electron chi connectivity index (χ1n) is 10.5. The Kier molecular flexibility index (Phi) is 5.15. The van der Waals surface area contributed by atoms with Crippen LogP contribution < -0.4 is 5.32 Å². The Morgan fingerprint density at radius 2 is 1.84 bits per heavy atom. The molecule has 2 N–H and O–H groups in total. The number of aromatic hydroxyl groups is 1. The van der Waals surface area contributed by atoms with Crippen molar-refractivity contribution in [3.05, 3.63) is 53.2 Å². The highest BCUT2D eigenvalue weighted by Gasteiger charge is 2.27. The molecule has 8 nitrogen and oxygen atoms in total. The molecule has 1 amide bonds. The average Bonchev–Trinajstić information content (AvgIpc) is 3.33. The molecule has 0 unspecified atom stereocenters. The molecule has 1 saturated heterocycles. The number of hydrogen-bond acceptors (Lipinski definition) is 7. The molecular formula is C23H23FN4O4. The molecule has 1 aromatic heterocycles. The SMILES string of the molecule is C[C@@H]1CN(Cc2nnc(-c3cc4c(c(-c5cc(O)cc(F)c5)c3)CNC4=O)o2)C[C@H](C)O1. The average molecular weight is 438 g/mol. The number of morpholine rings is 1. The number of carbonyl (C=O) groups excluding carboxylic acids is 1. The van der Waals surface area contributed by atoms with Gasteiger partial charge in [0.25, 0.3) is 5.91 Å². The van der Waals surface area contributed by atoms with Crippen molar-refractivity contribution in [3.8, 4) is 28.3 Å². The fraction of sp³-hybridized carbons (Fsp3) is 0.348. The van der Waals surface area contributed by atoms with E-state index in [4.69, 9.17) is 9.15 Å². The first-order chi connectivity index (χ1) is 15.4. The van der Waals surface area contributed by atoms with Gasteiger partial charge in [-0.1, -0.05) is 0 Å². The molecule has 2 aromatic carbocycles. The smallest absolute Gasteiger partial charge is 0.251 e. The van der Waals surface area contributed by atoms with Crippen LogP contribution in [0.2, 0.25) is 0 Å². The number of benzene rings is 2. The summed E-state index contributed by atoms with van der Waals surface area (Å²) in [7, 11) is 0. The molecule has 3 heterocycles. The Labute approximate surface area is 184 Å². The molecule has 32 heavy (non-hydrogen) atoms. The van der Waals surface area contributed by atoms with E-state index in [0.717, 1.165) is 24.7 Å². The van der Waals surface area contributed by atoms with Crippen molar-refractivity contribution in [2.75, 3.05) is 13.1 Å². The summed E-state index contributed by atoms with van der Waals surface area (Å²) < 4.78 is 25.6. The van der Waals surface area contributed by atoms with Crippen molar-refractivity contribution >= 4 is 5.91 Å². The number of halogens is 1. The van der Waals surface area contributed by atoms with E-state index in [-0.39, 0.29) is 29.8 Å². The summed E-state index contributed by atoms with van der Waals surface area (Å²) in [4.78, 5) is 14.6. The molecule has 166 valence electrons. The second-order valence-corrected chi connectivity index (χ2v) is 8.38. The molecule has 0 saturated carbocycles. The normalized spacial score (nSPS) is 20.9. The number of hydrogen-bond donors (Lipinski definition) is 2. The minimum Gasteiger partial charge on any atom is -0.508 e. The van der Waals surface area contributed by atoms with Crippen LogP contribution in [-0.4, -0.2) is 51.4 Å². The van der Waals surface area contributed by atoms with E-state index in [1.807, 2.05) is 13.8 Å². The number of ether oxygens (including phenoxy) is 1. The number of carbonyl (C=O) groups is 1. The van der Waals surface area contributed by atoms with Crippen LogP contribution in [0.4, 0.5) is 4.39 Å². The summed E-state index contributed by atoms with van der Waals surface area (Å²) in [6.07, 6.45) is 0.253. The highest BCUT2D eigenvalue weighted by atomic mass is 19.1. The number of nitrogens with one attached hydrogen (secondary N) is 1. The van der Waals surface area contributed by atoms with Crippen molar-refractivity contribution in [1.29, 1.82) is 0 Å². The number of rotatable bonds is 4. The predicted molar refractivity (Wildman–Crippen MR) is 113 cm³/mol. The number of aromatic nitrogens is 2. The molecule has 1 fully saturated rings. The van der Waals surface area contributed by atoms with Gasteiger partial charge < -0.3 is 19.6 Å². The van der Waals surface area contributed by atoms with Crippen LogP contribution in [0.25, 0.3) is 22.6 Å². The van der Waals surface area contributed by atoms with Gasteiger partial charge in [0.2, 0.25) is 11.8 Å². The van der Waals surface area contributed by atoms with Gasteiger partial charge in [-0.15, -0.1) is 10.2 Å². The van der Waals surface area contributed by atoms with E-state index in [1.54, 1.807) is 12.1 Å². The third-order valence-electron chi connectivity index (χ3n) is 5.68. The van der Waals surface area contributed by atoms with Gasteiger partial charge in [-0.25, -0.2) is 4.39 Å². The highest BCUT2D eigenvalue weighted by molar-refractivity contribution is 6.02. The standard InChI is InChI=1S/C23H23FN4O4/c1-12-9-28(10-13(2)31-12)11-21-26-27-23(32-21)15-5-18(14-3-16(24)7-17(29)4-14)20-8-25-22(30)19(20)6-15/h3-7,12-13,29H,8-11H2,1-2H3,(H,25,30)/t12-,13+. The van der Waals surface area contributed by atoms with Crippen LogP contribution in [0.1, 0.15) is 35.7 Å². The quantitative estimate of drug-likeness (QED) is 0.646. The fourth-order valence-electron chi connectivity index (χ4n) is 4.48. The van der Waals surface area contributed by atoms with Gasteiger partial charge in [0, 0.05) is 36.8 Å². The molecule has 5 rings (SSSR count). The Bertz CT molecular complexity index is 1160. The Morgan fingerprint density at radius 1 is 1.09 bits per heavy atom. The largest absolute Gasteiger partial charge is 0.508 e. The van der Waals surface area contributed by atoms with Gasteiger partial charge in [0.05, 0.1) is 18.8 Å². The Morgan fingerprint density at radius 3 is 2.59 bits per heavy atom. The lowest BCUT2D eigenvalue weighted by Crippen LogP contribution is -2.44. The van der Waals surface area contributed by atoms with E-state index in [1.165, 1.54) is 12.1 Å². The van der Waals surface area contributed by atoms with Crippen LogP contribution in [0, 0.1) is 5.82 Å². The van der Waals surface area contributed by atoms with Crippen LogP contribution in [0.3, 0.4) is 0 Å². The van der Waals surface area contributed by atoms with Crippen LogP contribution >= 0.6 is 0 Å². The van der Waals surface area contributed by atoms with Gasteiger partial charge in [0.1, 0.15) is 11.6 Å². The third kappa shape index (κ3) is 3.96. The van der Waals surface area contributed by atoms with Crippen LogP contribution in [-0.2, 0) is 17.8 Å². The Balaban J connectivity index is 1.49. The second-order valence-electron chi connectivity index (χ2n) is 8.38. The molecular weight excluding hydrogens is 415 g/mol. The second kappa shape index (κ2) is 7.99. The highest BCUT2D eigenvalue weighted by Crippen LogP contribution is 2.36. The van der Waals surface area contributed by atoms with Crippen molar-refractivity contribution in [2.45, 2.75) is 39.1 Å². The molecule has 2 aliphatic rings. The zero-order chi connectivity index (χ0) is 22.4. The summed E-state index contributed by atoms with van der Waals surface area (Å²) in [5.41, 5.74) is 2.85. The van der Waals surface area contributed by atoms with Crippen molar-refractivity contribution < 1.29 is 23.4 Å². The van der Waals surface area contributed by atoms with Crippen molar-refractivity contribution in [1.82, 2.24) is 20.4 Å². The van der Waals surface area contributed by atoms with Crippen LogP contribution in [0.15, 0.2) is 34.7 Å². The number of fused-ring (bicyclic) bond motifs is 1. The van der Waals surface area contributed by atoms with Gasteiger partial charge in [-0.3, -0.25) is 9.69 Å². The van der Waals surface area contributed by atoms with Gasteiger partial charge in [0.15, 0.2) is 0 Å². The van der Waals surface area contributed by atoms with E-state index in [9.17, 15) is 14.3 Å². The molecule has 0 aliphatic carbocycles. The van der Waals surface area contributed by atoms with E-state index < -0.39 is 5.82 Å². The summed E-state index contributed by atoms with van der Waals surface area (Å²) in [5, 5.41) is 21.0. The van der Waals surface area contributed by atoms with E-state index >= 15 is 0 Å². The van der Waals surface area contributed by atoms with E-state index in [0.29, 0.717) is 41.2 Å². The van der Waals surface area contributed by atoms with Gasteiger partial charge in [-0.2, -0.15) is 0 Å². The number of phenols is 1. The molecule has 0 bridgehead atoms. The summed E-state index contributed by atoms with van der Waals surface area (Å²) in [5.74, 6) is -0.231. The zero-order valence-corrected chi connectivity index (χ0v) is 17.8. The monoisotopic (exact) mass is 438 g/mol. The first-order valence-corrected chi connectivity index (χ1v) is 10.5. The number of nitrogens with zero attached hydrogens (tertiary/aromatic N) is 3. The minimum atomic E-state index is -0.564. The third-order valence-corrected chi connectivity index (χ3v) is 5.68. The number of phenolic OH excluding ortho intramolecular Hbond substituents is 1. The lowest BCUT2D eigenvalue weighted by Gasteiger charge is -2.34.